The molecular formula is C18H18N4O. The number of aryl methyl sites for hydroxylation is 1. The molecule has 0 saturated carbocycles. The standard InChI is InChI=1S/C18H18N4O/c1-14-21-16-6-2-3-7-17(16)22(14)12-11-20-18(23)9-8-15-5-4-10-19-13-15/h2-10,13H,11-12H2,1H3,(H,20,23)/b9-8+. The average molecular weight is 306 g/mol. The highest BCUT2D eigenvalue weighted by atomic mass is 16.1. The maximum absolute atomic E-state index is 11.9. The second-order valence-electron chi connectivity index (χ2n) is 5.21. The molecule has 5 heteroatoms. The first kappa shape index (κ1) is 15.0. The van der Waals surface area contributed by atoms with Crippen molar-refractivity contribution < 1.29 is 4.79 Å². The summed E-state index contributed by atoms with van der Waals surface area (Å²) >= 11 is 0. The summed E-state index contributed by atoms with van der Waals surface area (Å²) in [5.74, 6) is 0.835. The summed E-state index contributed by atoms with van der Waals surface area (Å²) in [6.45, 7) is 3.22. The van der Waals surface area contributed by atoms with Gasteiger partial charge in [0.25, 0.3) is 0 Å². The number of para-hydroxylation sites is 2. The number of rotatable bonds is 5. The average Bonchev–Trinajstić information content (AvgIpc) is 2.90. The summed E-state index contributed by atoms with van der Waals surface area (Å²) in [5.41, 5.74) is 2.97. The van der Waals surface area contributed by atoms with E-state index in [0.717, 1.165) is 22.4 Å². The molecule has 2 heterocycles. The van der Waals surface area contributed by atoms with Gasteiger partial charge in [0.2, 0.25) is 5.91 Å². The fourth-order valence-corrected chi connectivity index (χ4v) is 2.47. The fourth-order valence-electron chi connectivity index (χ4n) is 2.47. The maximum Gasteiger partial charge on any atom is 0.244 e. The quantitative estimate of drug-likeness (QED) is 0.737. The largest absolute Gasteiger partial charge is 0.351 e. The molecule has 5 nitrogen and oxygen atoms in total. The highest BCUT2D eigenvalue weighted by Crippen LogP contribution is 2.14. The van der Waals surface area contributed by atoms with Crippen LogP contribution >= 0.6 is 0 Å². The van der Waals surface area contributed by atoms with E-state index in [1.54, 1.807) is 18.5 Å². The molecule has 1 N–H and O–H groups in total. The van der Waals surface area contributed by atoms with Crippen molar-refractivity contribution in [3.63, 3.8) is 0 Å². The summed E-state index contributed by atoms with van der Waals surface area (Å²) in [5, 5.41) is 2.89. The van der Waals surface area contributed by atoms with Crippen molar-refractivity contribution in [3.05, 3.63) is 66.3 Å². The number of nitrogens with zero attached hydrogens (tertiary/aromatic N) is 3. The van der Waals surface area contributed by atoms with E-state index in [0.29, 0.717) is 13.1 Å². The van der Waals surface area contributed by atoms with Crippen LogP contribution in [0.15, 0.2) is 54.9 Å². The van der Waals surface area contributed by atoms with E-state index in [9.17, 15) is 4.79 Å². The molecule has 0 atom stereocenters. The summed E-state index contributed by atoms with van der Waals surface area (Å²) in [6.07, 6.45) is 6.69. The van der Waals surface area contributed by atoms with E-state index in [1.165, 1.54) is 6.08 Å². The summed E-state index contributed by atoms with van der Waals surface area (Å²) < 4.78 is 2.11. The van der Waals surface area contributed by atoms with Crippen molar-refractivity contribution >= 4 is 23.0 Å². The molecule has 0 bridgehead atoms. The molecule has 0 aliphatic rings. The maximum atomic E-state index is 11.9. The zero-order valence-electron chi connectivity index (χ0n) is 12.9. The van der Waals surface area contributed by atoms with Gasteiger partial charge >= 0.3 is 0 Å². The first-order valence-electron chi connectivity index (χ1n) is 7.52. The Labute approximate surface area is 134 Å². The fraction of sp³-hybridized carbons (Fsp3) is 0.167. The van der Waals surface area contributed by atoms with Crippen LogP contribution in [0, 0.1) is 6.92 Å². The van der Waals surface area contributed by atoms with E-state index in [-0.39, 0.29) is 5.91 Å². The Hall–Kier alpha value is -2.95. The minimum atomic E-state index is -0.115. The zero-order valence-corrected chi connectivity index (χ0v) is 12.9. The molecule has 0 fully saturated rings. The normalized spacial score (nSPS) is 11.2. The van der Waals surface area contributed by atoms with E-state index in [1.807, 2.05) is 43.3 Å². The Morgan fingerprint density at radius 1 is 1.26 bits per heavy atom. The number of aromatic nitrogens is 3. The van der Waals surface area contributed by atoms with Crippen LogP contribution in [0.25, 0.3) is 17.1 Å². The van der Waals surface area contributed by atoms with Crippen LogP contribution in [0.2, 0.25) is 0 Å². The highest BCUT2D eigenvalue weighted by molar-refractivity contribution is 5.91. The van der Waals surface area contributed by atoms with Gasteiger partial charge in [-0.25, -0.2) is 4.98 Å². The number of pyridine rings is 1. The molecule has 1 aromatic carbocycles. The van der Waals surface area contributed by atoms with Gasteiger partial charge in [0.05, 0.1) is 11.0 Å². The Balaban J connectivity index is 1.57. The number of fused-ring (bicyclic) bond motifs is 1. The van der Waals surface area contributed by atoms with Crippen LogP contribution in [0.5, 0.6) is 0 Å². The monoisotopic (exact) mass is 306 g/mol. The molecule has 0 unspecified atom stereocenters. The lowest BCUT2D eigenvalue weighted by Gasteiger charge is -2.07. The third-order valence-corrected chi connectivity index (χ3v) is 3.59. The molecule has 0 saturated heterocycles. The predicted octanol–water partition coefficient (Wildman–Crippen LogP) is 2.57. The van der Waals surface area contributed by atoms with Crippen LogP contribution in [-0.4, -0.2) is 27.0 Å². The molecule has 3 aromatic rings. The topological polar surface area (TPSA) is 59.8 Å². The van der Waals surface area contributed by atoms with E-state index in [4.69, 9.17) is 0 Å². The number of carbonyl (C=O) groups excluding carboxylic acids is 1. The van der Waals surface area contributed by atoms with Gasteiger partial charge in [-0.3, -0.25) is 9.78 Å². The highest BCUT2D eigenvalue weighted by Gasteiger charge is 2.06. The third-order valence-electron chi connectivity index (χ3n) is 3.59. The minimum Gasteiger partial charge on any atom is -0.351 e. The van der Waals surface area contributed by atoms with Crippen molar-refractivity contribution in [2.45, 2.75) is 13.5 Å². The number of carbonyl (C=O) groups is 1. The SMILES string of the molecule is Cc1nc2ccccc2n1CCNC(=O)/C=C/c1cccnc1. The Morgan fingerprint density at radius 2 is 2.13 bits per heavy atom. The van der Waals surface area contributed by atoms with Crippen molar-refractivity contribution in [1.29, 1.82) is 0 Å². The Bertz CT molecular complexity index is 837. The number of amides is 1. The zero-order chi connectivity index (χ0) is 16.1. The number of benzene rings is 1. The van der Waals surface area contributed by atoms with Crippen molar-refractivity contribution in [1.82, 2.24) is 19.9 Å². The molecule has 0 radical (unpaired) electrons. The van der Waals surface area contributed by atoms with Gasteiger partial charge in [0.15, 0.2) is 0 Å². The second-order valence-corrected chi connectivity index (χ2v) is 5.21. The summed E-state index contributed by atoms with van der Waals surface area (Å²) in [7, 11) is 0. The van der Waals surface area contributed by atoms with Gasteiger partial charge in [-0.1, -0.05) is 18.2 Å². The lowest BCUT2D eigenvalue weighted by molar-refractivity contribution is -0.116. The third kappa shape index (κ3) is 3.63. The van der Waals surface area contributed by atoms with Gasteiger partial charge in [-0.05, 0) is 36.8 Å². The molecule has 23 heavy (non-hydrogen) atoms. The van der Waals surface area contributed by atoms with Gasteiger partial charge in [0, 0.05) is 31.6 Å². The molecule has 3 rings (SSSR count). The lowest BCUT2D eigenvalue weighted by atomic mass is 10.2. The van der Waals surface area contributed by atoms with Gasteiger partial charge in [-0.2, -0.15) is 0 Å². The Morgan fingerprint density at radius 3 is 2.96 bits per heavy atom. The minimum absolute atomic E-state index is 0.115. The van der Waals surface area contributed by atoms with Gasteiger partial charge < -0.3 is 9.88 Å². The number of imidazole rings is 1. The Kier molecular flexibility index (Phi) is 4.47. The van der Waals surface area contributed by atoms with E-state index in [2.05, 4.69) is 19.9 Å². The number of hydrogen-bond acceptors (Lipinski definition) is 3. The van der Waals surface area contributed by atoms with Crippen LogP contribution in [0.4, 0.5) is 0 Å². The number of hydrogen-bond donors (Lipinski definition) is 1. The van der Waals surface area contributed by atoms with Crippen LogP contribution in [-0.2, 0) is 11.3 Å². The molecule has 2 aromatic heterocycles. The van der Waals surface area contributed by atoms with Crippen molar-refractivity contribution in [2.75, 3.05) is 6.54 Å². The molecule has 116 valence electrons. The smallest absolute Gasteiger partial charge is 0.244 e. The van der Waals surface area contributed by atoms with Crippen LogP contribution in [0.3, 0.4) is 0 Å². The van der Waals surface area contributed by atoms with Crippen LogP contribution in [0.1, 0.15) is 11.4 Å². The lowest BCUT2D eigenvalue weighted by Crippen LogP contribution is -2.25. The predicted molar refractivity (Wildman–Crippen MR) is 90.8 cm³/mol. The van der Waals surface area contributed by atoms with Gasteiger partial charge in [0.1, 0.15) is 5.82 Å². The first-order valence-corrected chi connectivity index (χ1v) is 7.52. The van der Waals surface area contributed by atoms with Gasteiger partial charge in [-0.15, -0.1) is 0 Å². The molecule has 0 aliphatic carbocycles. The first-order chi connectivity index (χ1) is 11.2. The summed E-state index contributed by atoms with van der Waals surface area (Å²) in [4.78, 5) is 20.4. The molecule has 0 aliphatic heterocycles. The van der Waals surface area contributed by atoms with Crippen molar-refractivity contribution in [3.8, 4) is 0 Å². The van der Waals surface area contributed by atoms with Crippen LogP contribution < -0.4 is 5.32 Å². The second kappa shape index (κ2) is 6.87. The molecule has 0 spiro atoms. The molecular weight excluding hydrogens is 288 g/mol. The molecule has 1 amide bonds. The number of nitrogens with one attached hydrogen (secondary N) is 1. The van der Waals surface area contributed by atoms with Crippen molar-refractivity contribution in [2.24, 2.45) is 0 Å². The summed E-state index contributed by atoms with van der Waals surface area (Å²) in [6, 6.07) is 11.7. The van der Waals surface area contributed by atoms with E-state index >= 15 is 0 Å². The van der Waals surface area contributed by atoms with E-state index < -0.39 is 0 Å².